The van der Waals surface area contributed by atoms with E-state index in [1.54, 1.807) is 0 Å². The molecule has 0 aliphatic carbocycles. The summed E-state index contributed by atoms with van der Waals surface area (Å²) in [6, 6.07) is 9.16. The van der Waals surface area contributed by atoms with Crippen LogP contribution in [0.15, 0.2) is 30.3 Å². The maximum atomic E-state index is 12.0. The van der Waals surface area contributed by atoms with Crippen LogP contribution in [0, 0.1) is 0 Å². The SMILES string of the molecule is CS(=O)(=O)C[C@@H]1CCCN1C(=O)OCc1ccccc1. The number of carbonyl (C=O) groups excluding carboxylic acids is 1. The van der Waals surface area contributed by atoms with Crippen LogP contribution in [0.2, 0.25) is 0 Å². The summed E-state index contributed by atoms with van der Waals surface area (Å²) in [5.41, 5.74) is 0.916. The topological polar surface area (TPSA) is 63.7 Å². The predicted molar refractivity (Wildman–Crippen MR) is 76.1 cm³/mol. The summed E-state index contributed by atoms with van der Waals surface area (Å²) in [5, 5.41) is 0. The zero-order valence-electron chi connectivity index (χ0n) is 11.5. The average Bonchev–Trinajstić information content (AvgIpc) is 2.83. The summed E-state index contributed by atoms with van der Waals surface area (Å²) >= 11 is 0. The highest BCUT2D eigenvalue weighted by molar-refractivity contribution is 7.90. The molecule has 20 heavy (non-hydrogen) atoms. The molecule has 0 bridgehead atoms. The highest BCUT2D eigenvalue weighted by Gasteiger charge is 2.32. The lowest BCUT2D eigenvalue weighted by atomic mass is 10.2. The van der Waals surface area contributed by atoms with E-state index in [0.29, 0.717) is 13.0 Å². The van der Waals surface area contributed by atoms with Gasteiger partial charge >= 0.3 is 6.09 Å². The third-order valence-electron chi connectivity index (χ3n) is 3.31. The molecule has 1 fully saturated rings. The van der Waals surface area contributed by atoms with Crippen LogP contribution in [-0.4, -0.2) is 44.0 Å². The number of sulfone groups is 1. The second-order valence-electron chi connectivity index (χ2n) is 5.12. The molecule has 1 amide bonds. The Balaban J connectivity index is 1.91. The van der Waals surface area contributed by atoms with Crippen LogP contribution >= 0.6 is 0 Å². The molecule has 0 saturated carbocycles. The number of amides is 1. The van der Waals surface area contributed by atoms with E-state index >= 15 is 0 Å². The molecule has 1 aromatic rings. The van der Waals surface area contributed by atoms with E-state index in [-0.39, 0.29) is 18.4 Å². The highest BCUT2D eigenvalue weighted by Crippen LogP contribution is 2.20. The summed E-state index contributed by atoms with van der Waals surface area (Å²) < 4.78 is 28.0. The van der Waals surface area contributed by atoms with Gasteiger partial charge in [-0.25, -0.2) is 13.2 Å². The number of hydrogen-bond acceptors (Lipinski definition) is 4. The molecule has 1 saturated heterocycles. The minimum atomic E-state index is -3.09. The summed E-state index contributed by atoms with van der Waals surface area (Å²) in [6.45, 7) is 0.773. The highest BCUT2D eigenvalue weighted by atomic mass is 32.2. The van der Waals surface area contributed by atoms with Crippen molar-refractivity contribution < 1.29 is 17.9 Å². The molecule has 1 aliphatic rings. The maximum Gasteiger partial charge on any atom is 0.410 e. The molecule has 1 atom stereocenters. The quantitative estimate of drug-likeness (QED) is 0.850. The molecule has 110 valence electrons. The molecule has 1 aliphatic heterocycles. The van der Waals surface area contributed by atoms with E-state index in [0.717, 1.165) is 12.0 Å². The zero-order chi connectivity index (χ0) is 14.6. The Labute approximate surface area is 119 Å². The molecule has 5 nitrogen and oxygen atoms in total. The fourth-order valence-electron chi connectivity index (χ4n) is 2.40. The van der Waals surface area contributed by atoms with Crippen LogP contribution in [0.5, 0.6) is 0 Å². The first-order valence-corrected chi connectivity index (χ1v) is 8.67. The van der Waals surface area contributed by atoms with Gasteiger partial charge in [-0.1, -0.05) is 30.3 Å². The fraction of sp³-hybridized carbons (Fsp3) is 0.500. The Morgan fingerprint density at radius 1 is 1.35 bits per heavy atom. The van der Waals surface area contributed by atoms with E-state index in [1.165, 1.54) is 11.2 Å². The molecular formula is C14H19NO4S. The van der Waals surface area contributed by atoms with Crippen molar-refractivity contribution in [3.63, 3.8) is 0 Å². The minimum absolute atomic E-state index is 0.00738. The molecule has 2 rings (SSSR count). The molecule has 1 heterocycles. The van der Waals surface area contributed by atoms with E-state index in [1.807, 2.05) is 30.3 Å². The van der Waals surface area contributed by atoms with Crippen LogP contribution in [0.1, 0.15) is 18.4 Å². The second-order valence-corrected chi connectivity index (χ2v) is 7.31. The maximum absolute atomic E-state index is 12.0. The summed E-state index contributed by atoms with van der Waals surface area (Å²) in [5.74, 6) is 0.00738. The first-order chi connectivity index (χ1) is 9.46. The number of nitrogens with zero attached hydrogens (tertiary/aromatic N) is 1. The Morgan fingerprint density at radius 2 is 2.05 bits per heavy atom. The van der Waals surface area contributed by atoms with Crippen molar-refractivity contribution in [2.75, 3.05) is 18.6 Å². The lowest BCUT2D eigenvalue weighted by Crippen LogP contribution is -2.39. The molecule has 0 unspecified atom stereocenters. The van der Waals surface area contributed by atoms with E-state index in [9.17, 15) is 13.2 Å². The van der Waals surface area contributed by atoms with Gasteiger partial charge in [0.15, 0.2) is 0 Å². The van der Waals surface area contributed by atoms with Crippen molar-refractivity contribution in [2.24, 2.45) is 0 Å². The number of benzene rings is 1. The Morgan fingerprint density at radius 3 is 2.70 bits per heavy atom. The van der Waals surface area contributed by atoms with Crippen LogP contribution in [0.3, 0.4) is 0 Å². The number of hydrogen-bond donors (Lipinski definition) is 0. The summed E-state index contributed by atoms with van der Waals surface area (Å²) in [6.07, 6.45) is 2.30. The first kappa shape index (κ1) is 14.8. The van der Waals surface area contributed by atoms with Gasteiger partial charge in [-0.3, -0.25) is 0 Å². The van der Waals surface area contributed by atoms with Crippen LogP contribution in [0.4, 0.5) is 4.79 Å². The van der Waals surface area contributed by atoms with Crippen molar-refractivity contribution in [1.82, 2.24) is 4.90 Å². The normalized spacial score (nSPS) is 19.1. The zero-order valence-corrected chi connectivity index (χ0v) is 12.3. The largest absolute Gasteiger partial charge is 0.445 e. The van der Waals surface area contributed by atoms with Gasteiger partial charge in [0, 0.05) is 18.8 Å². The monoisotopic (exact) mass is 297 g/mol. The van der Waals surface area contributed by atoms with Crippen LogP contribution < -0.4 is 0 Å². The van der Waals surface area contributed by atoms with Gasteiger partial charge < -0.3 is 9.64 Å². The van der Waals surface area contributed by atoms with Crippen LogP contribution in [-0.2, 0) is 21.2 Å². The summed E-state index contributed by atoms with van der Waals surface area (Å²) in [7, 11) is -3.09. The van der Waals surface area contributed by atoms with E-state index in [2.05, 4.69) is 0 Å². The Bertz CT molecular complexity index is 556. The van der Waals surface area contributed by atoms with Gasteiger partial charge in [0.25, 0.3) is 0 Å². The molecule has 0 radical (unpaired) electrons. The molecule has 6 heteroatoms. The second kappa shape index (κ2) is 6.26. The van der Waals surface area contributed by atoms with E-state index < -0.39 is 15.9 Å². The lowest BCUT2D eigenvalue weighted by Gasteiger charge is -2.23. The van der Waals surface area contributed by atoms with Crippen molar-refractivity contribution in [3.05, 3.63) is 35.9 Å². The van der Waals surface area contributed by atoms with Gasteiger partial charge in [-0.2, -0.15) is 0 Å². The van der Waals surface area contributed by atoms with Crippen molar-refractivity contribution >= 4 is 15.9 Å². The first-order valence-electron chi connectivity index (χ1n) is 6.61. The Kier molecular flexibility index (Phi) is 4.65. The van der Waals surface area contributed by atoms with Crippen molar-refractivity contribution in [2.45, 2.75) is 25.5 Å². The molecule has 0 aromatic heterocycles. The molecule has 1 aromatic carbocycles. The smallest absolute Gasteiger partial charge is 0.410 e. The number of ether oxygens (including phenoxy) is 1. The number of likely N-dealkylation sites (tertiary alicyclic amines) is 1. The van der Waals surface area contributed by atoms with Gasteiger partial charge in [0.2, 0.25) is 0 Å². The van der Waals surface area contributed by atoms with Crippen LogP contribution in [0.25, 0.3) is 0 Å². The van der Waals surface area contributed by atoms with Gasteiger partial charge in [-0.05, 0) is 18.4 Å². The average molecular weight is 297 g/mol. The lowest BCUT2D eigenvalue weighted by molar-refractivity contribution is 0.0948. The minimum Gasteiger partial charge on any atom is -0.445 e. The third kappa shape index (κ3) is 4.23. The Hall–Kier alpha value is -1.56. The third-order valence-corrected chi connectivity index (χ3v) is 4.30. The van der Waals surface area contributed by atoms with Gasteiger partial charge in [-0.15, -0.1) is 0 Å². The van der Waals surface area contributed by atoms with Gasteiger partial charge in [0.05, 0.1) is 5.75 Å². The fourth-order valence-corrected chi connectivity index (χ4v) is 3.45. The van der Waals surface area contributed by atoms with Crippen molar-refractivity contribution in [1.29, 1.82) is 0 Å². The standard InChI is InChI=1S/C14H19NO4S/c1-20(17,18)11-13-8-5-9-15(13)14(16)19-10-12-6-3-2-4-7-12/h2-4,6-7,13H,5,8-11H2,1H3/t13-/m0/s1. The van der Waals surface area contributed by atoms with E-state index in [4.69, 9.17) is 4.74 Å². The predicted octanol–water partition coefficient (Wildman–Crippen LogP) is 1.83. The van der Waals surface area contributed by atoms with Gasteiger partial charge in [0.1, 0.15) is 16.4 Å². The number of rotatable bonds is 4. The molecule has 0 N–H and O–H groups in total. The molecular weight excluding hydrogens is 278 g/mol. The number of carbonyl (C=O) groups is 1. The van der Waals surface area contributed by atoms with Crippen molar-refractivity contribution in [3.8, 4) is 0 Å². The summed E-state index contributed by atoms with van der Waals surface area (Å²) in [4.78, 5) is 13.6. The molecule has 0 spiro atoms.